The van der Waals surface area contributed by atoms with Gasteiger partial charge in [0.25, 0.3) is 0 Å². The maximum absolute atomic E-state index is 12.6. The molecule has 24 heavy (non-hydrogen) atoms. The molecular formula is C17H23N3O3S. The van der Waals surface area contributed by atoms with Gasteiger partial charge in [-0.2, -0.15) is 0 Å². The third-order valence-electron chi connectivity index (χ3n) is 4.28. The Kier molecular flexibility index (Phi) is 5.33. The molecule has 7 heteroatoms. The van der Waals surface area contributed by atoms with Gasteiger partial charge >= 0.3 is 0 Å². The van der Waals surface area contributed by atoms with Gasteiger partial charge in [-0.1, -0.05) is 30.3 Å². The molecule has 3 rings (SSSR count). The van der Waals surface area contributed by atoms with E-state index >= 15 is 0 Å². The summed E-state index contributed by atoms with van der Waals surface area (Å²) in [4.78, 5) is 4.33. The van der Waals surface area contributed by atoms with Crippen LogP contribution in [0.1, 0.15) is 36.7 Å². The largest absolute Gasteiger partial charge is 0.378 e. The van der Waals surface area contributed by atoms with Crippen molar-refractivity contribution in [3.8, 4) is 0 Å². The van der Waals surface area contributed by atoms with Crippen LogP contribution in [-0.4, -0.2) is 36.4 Å². The van der Waals surface area contributed by atoms with Crippen LogP contribution in [0.2, 0.25) is 0 Å². The summed E-state index contributed by atoms with van der Waals surface area (Å²) < 4.78 is 35.3. The minimum atomic E-state index is -3.44. The first-order valence-electron chi connectivity index (χ1n) is 8.19. The van der Waals surface area contributed by atoms with Gasteiger partial charge in [-0.3, -0.25) is 0 Å². The summed E-state index contributed by atoms with van der Waals surface area (Å²) in [5.41, 5.74) is 0.868. The molecule has 1 aliphatic heterocycles. The molecule has 0 spiro atoms. The van der Waals surface area contributed by atoms with Crippen molar-refractivity contribution < 1.29 is 13.2 Å². The second-order valence-electron chi connectivity index (χ2n) is 6.10. The highest BCUT2D eigenvalue weighted by Crippen LogP contribution is 2.22. The van der Waals surface area contributed by atoms with Crippen LogP contribution in [0.25, 0.3) is 0 Å². The molecule has 1 fully saturated rings. The first-order chi connectivity index (χ1) is 11.6. The lowest BCUT2D eigenvalue weighted by atomic mass is 10.1. The highest BCUT2D eigenvalue weighted by Gasteiger charge is 2.26. The van der Waals surface area contributed by atoms with Crippen molar-refractivity contribution >= 4 is 10.0 Å². The molecule has 130 valence electrons. The number of nitrogens with zero attached hydrogens (tertiary/aromatic N) is 2. The number of aryl methyl sites for hydroxylation is 1. The van der Waals surface area contributed by atoms with Crippen LogP contribution < -0.4 is 4.72 Å². The number of imidazole rings is 1. The minimum Gasteiger partial charge on any atom is -0.378 e. The third kappa shape index (κ3) is 4.23. The molecule has 2 heterocycles. The summed E-state index contributed by atoms with van der Waals surface area (Å²) in [6.07, 6.45) is 6.02. The molecule has 0 aliphatic carbocycles. The zero-order valence-corrected chi connectivity index (χ0v) is 14.6. The number of hydrogen-bond donors (Lipinski definition) is 1. The molecule has 2 unspecified atom stereocenters. The average Bonchev–Trinajstić information content (AvgIpc) is 3.23. The fraction of sp³-hybridized carbons (Fsp3) is 0.471. The normalized spacial score (nSPS) is 19.5. The molecule has 0 bridgehead atoms. The predicted octanol–water partition coefficient (Wildman–Crippen LogP) is 2.00. The van der Waals surface area contributed by atoms with Gasteiger partial charge in [0.15, 0.2) is 0 Å². The van der Waals surface area contributed by atoms with Crippen LogP contribution >= 0.6 is 0 Å². The van der Waals surface area contributed by atoms with Crippen LogP contribution in [0.5, 0.6) is 0 Å². The Balaban J connectivity index is 1.77. The quantitative estimate of drug-likeness (QED) is 0.830. The van der Waals surface area contributed by atoms with E-state index in [0.717, 1.165) is 25.0 Å². The summed E-state index contributed by atoms with van der Waals surface area (Å²) in [6, 6.07) is 9.01. The Morgan fingerprint density at radius 2 is 2.17 bits per heavy atom. The van der Waals surface area contributed by atoms with E-state index < -0.39 is 16.1 Å². The van der Waals surface area contributed by atoms with Crippen molar-refractivity contribution in [3.05, 3.63) is 54.1 Å². The maximum Gasteiger partial charge on any atom is 0.212 e. The Labute approximate surface area is 142 Å². The lowest BCUT2D eigenvalue weighted by Crippen LogP contribution is -2.33. The van der Waals surface area contributed by atoms with E-state index in [-0.39, 0.29) is 11.9 Å². The topological polar surface area (TPSA) is 73.2 Å². The van der Waals surface area contributed by atoms with E-state index in [2.05, 4.69) is 9.71 Å². The van der Waals surface area contributed by atoms with Crippen LogP contribution in [0, 0.1) is 0 Å². The van der Waals surface area contributed by atoms with Crippen LogP contribution in [0.15, 0.2) is 42.7 Å². The SMILES string of the molecule is Cn1ccnc1C(NS(=O)(=O)CCC1CCCO1)c1ccccc1. The van der Waals surface area contributed by atoms with Gasteiger partial charge < -0.3 is 9.30 Å². The number of rotatable bonds is 7. The van der Waals surface area contributed by atoms with Gasteiger partial charge in [0.05, 0.1) is 11.9 Å². The van der Waals surface area contributed by atoms with E-state index in [9.17, 15) is 8.42 Å². The molecule has 0 saturated carbocycles. The van der Waals surface area contributed by atoms with E-state index in [0.29, 0.717) is 12.2 Å². The van der Waals surface area contributed by atoms with Crippen molar-refractivity contribution in [2.75, 3.05) is 12.4 Å². The highest BCUT2D eigenvalue weighted by atomic mass is 32.2. The second-order valence-corrected chi connectivity index (χ2v) is 7.97. The van der Waals surface area contributed by atoms with Gasteiger partial charge in [-0.15, -0.1) is 0 Å². The number of ether oxygens (including phenoxy) is 1. The Hall–Kier alpha value is -1.70. The molecule has 1 N–H and O–H groups in total. The standard InChI is InChI=1S/C17H23N3O3S/c1-20-11-10-18-17(20)16(14-6-3-2-4-7-14)19-24(21,22)13-9-15-8-5-12-23-15/h2-4,6-7,10-11,15-16,19H,5,8-9,12-13H2,1H3. The molecule has 1 saturated heterocycles. The van der Waals surface area contributed by atoms with Crippen molar-refractivity contribution in [1.82, 2.24) is 14.3 Å². The average molecular weight is 349 g/mol. The second kappa shape index (κ2) is 7.46. The molecule has 1 aromatic heterocycles. The zero-order valence-electron chi connectivity index (χ0n) is 13.8. The molecule has 6 nitrogen and oxygen atoms in total. The lowest BCUT2D eigenvalue weighted by Gasteiger charge is -2.19. The number of sulfonamides is 1. The highest BCUT2D eigenvalue weighted by molar-refractivity contribution is 7.89. The monoisotopic (exact) mass is 349 g/mol. The zero-order chi connectivity index (χ0) is 17.0. The summed E-state index contributed by atoms with van der Waals surface area (Å²) in [7, 11) is -1.58. The molecule has 0 amide bonds. The van der Waals surface area contributed by atoms with Crippen molar-refractivity contribution in [2.24, 2.45) is 7.05 Å². The summed E-state index contributed by atoms with van der Waals surface area (Å²) in [5.74, 6) is 0.729. The molecule has 2 aromatic rings. The van der Waals surface area contributed by atoms with Gasteiger partial charge in [-0.25, -0.2) is 18.1 Å². The molecule has 1 aliphatic rings. The van der Waals surface area contributed by atoms with Crippen LogP contribution in [0.3, 0.4) is 0 Å². The lowest BCUT2D eigenvalue weighted by molar-refractivity contribution is 0.109. The summed E-state index contributed by atoms with van der Waals surface area (Å²) in [6.45, 7) is 0.734. The van der Waals surface area contributed by atoms with Gasteiger partial charge in [-0.05, 0) is 24.8 Å². The minimum absolute atomic E-state index is 0.0601. The third-order valence-corrected chi connectivity index (χ3v) is 5.65. The number of aromatic nitrogens is 2. The van der Waals surface area contributed by atoms with Crippen molar-refractivity contribution in [2.45, 2.75) is 31.4 Å². The van der Waals surface area contributed by atoms with E-state index in [1.807, 2.05) is 48.1 Å². The predicted molar refractivity (Wildman–Crippen MR) is 92.0 cm³/mol. The van der Waals surface area contributed by atoms with Crippen LogP contribution in [0.4, 0.5) is 0 Å². The first-order valence-corrected chi connectivity index (χ1v) is 9.84. The van der Waals surface area contributed by atoms with E-state index in [4.69, 9.17) is 4.74 Å². The number of hydrogen-bond acceptors (Lipinski definition) is 4. The van der Waals surface area contributed by atoms with E-state index in [1.165, 1.54) is 0 Å². The van der Waals surface area contributed by atoms with Gasteiger partial charge in [0.2, 0.25) is 10.0 Å². The molecule has 2 atom stereocenters. The van der Waals surface area contributed by atoms with E-state index in [1.54, 1.807) is 6.20 Å². The van der Waals surface area contributed by atoms with Crippen LogP contribution in [-0.2, 0) is 21.8 Å². The van der Waals surface area contributed by atoms with Gasteiger partial charge in [0, 0.05) is 26.0 Å². The van der Waals surface area contributed by atoms with Gasteiger partial charge in [0.1, 0.15) is 11.9 Å². The Morgan fingerprint density at radius 3 is 2.79 bits per heavy atom. The molecule has 1 aromatic carbocycles. The fourth-order valence-electron chi connectivity index (χ4n) is 2.97. The summed E-state index contributed by atoms with van der Waals surface area (Å²) >= 11 is 0. The number of benzene rings is 1. The van der Waals surface area contributed by atoms with Crippen molar-refractivity contribution in [1.29, 1.82) is 0 Å². The Morgan fingerprint density at radius 1 is 1.38 bits per heavy atom. The smallest absolute Gasteiger partial charge is 0.212 e. The molecule has 0 radical (unpaired) electrons. The van der Waals surface area contributed by atoms with Crippen molar-refractivity contribution in [3.63, 3.8) is 0 Å². The number of nitrogens with one attached hydrogen (secondary N) is 1. The fourth-order valence-corrected chi connectivity index (χ4v) is 4.26. The molecular weight excluding hydrogens is 326 g/mol. The maximum atomic E-state index is 12.6. The Bertz CT molecular complexity index is 752. The first kappa shape index (κ1) is 17.1. The summed E-state index contributed by atoms with van der Waals surface area (Å²) in [5, 5.41) is 0.